The number of aryl methyl sites for hydroxylation is 1. The Labute approximate surface area is 147 Å². The lowest BCUT2D eigenvalue weighted by Crippen LogP contribution is -2.30. The van der Waals surface area contributed by atoms with Crippen molar-refractivity contribution in [3.8, 4) is 0 Å². The van der Waals surface area contributed by atoms with E-state index in [1.165, 1.54) is 11.6 Å². The van der Waals surface area contributed by atoms with Gasteiger partial charge in [0.25, 0.3) is 11.5 Å². The van der Waals surface area contributed by atoms with Gasteiger partial charge in [0.1, 0.15) is 0 Å². The molecule has 1 saturated heterocycles. The minimum atomic E-state index is -0.134. The number of rotatable bonds is 5. The molecule has 5 nitrogen and oxygen atoms in total. The Morgan fingerprint density at radius 2 is 2.04 bits per heavy atom. The first kappa shape index (κ1) is 17.4. The second kappa shape index (κ2) is 7.66. The van der Waals surface area contributed by atoms with E-state index in [0.717, 1.165) is 24.9 Å². The Kier molecular flexibility index (Phi) is 5.34. The Bertz CT molecular complexity index is 813. The molecule has 0 aliphatic carbocycles. The summed E-state index contributed by atoms with van der Waals surface area (Å²) in [5.74, 6) is 0.348. The molecule has 1 aliphatic heterocycles. The highest BCUT2D eigenvalue weighted by atomic mass is 16.3. The molecular weight excluding hydrogens is 316 g/mol. The summed E-state index contributed by atoms with van der Waals surface area (Å²) in [7, 11) is 0. The van der Waals surface area contributed by atoms with Crippen LogP contribution in [0.5, 0.6) is 0 Å². The molecule has 0 radical (unpaired) electrons. The van der Waals surface area contributed by atoms with Crippen molar-refractivity contribution < 1.29 is 9.90 Å². The molecule has 0 saturated carbocycles. The summed E-state index contributed by atoms with van der Waals surface area (Å²) in [4.78, 5) is 26.4. The average Bonchev–Trinajstić information content (AvgIpc) is 3.09. The van der Waals surface area contributed by atoms with Crippen molar-refractivity contribution in [3.63, 3.8) is 0 Å². The third-order valence-corrected chi connectivity index (χ3v) is 4.86. The third-order valence-electron chi connectivity index (χ3n) is 4.86. The van der Waals surface area contributed by atoms with Gasteiger partial charge in [0.15, 0.2) is 0 Å². The summed E-state index contributed by atoms with van der Waals surface area (Å²) in [6, 6.07) is 11.1. The minimum absolute atomic E-state index is 0.0480. The fourth-order valence-corrected chi connectivity index (χ4v) is 3.46. The van der Waals surface area contributed by atoms with E-state index in [1.807, 2.05) is 30.0 Å². The van der Waals surface area contributed by atoms with Gasteiger partial charge < -0.3 is 14.6 Å². The SMILES string of the molecule is CCn1ccc(C(=O)N2CCC(Cc3cccc(CO)c3)C2)cc1=O. The molecule has 0 bridgehead atoms. The van der Waals surface area contributed by atoms with Crippen LogP contribution in [-0.2, 0) is 19.6 Å². The van der Waals surface area contributed by atoms with Crippen LogP contribution >= 0.6 is 0 Å². The van der Waals surface area contributed by atoms with Gasteiger partial charge >= 0.3 is 0 Å². The first-order valence-electron chi connectivity index (χ1n) is 8.79. The normalized spacial score (nSPS) is 17.0. The van der Waals surface area contributed by atoms with Crippen molar-refractivity contribution in [1.29, 1.82) is 0 Å². The largest absolute Gasteiger partial charge is 0.392 e. The smallest absolute Gasteiger partial charge is 0.254 e. The number of pyridine rings is 1. The van der Waals surface area contributed by atoms with Gasteiger partial charge in [-0.05, 0) is 42.9 Å². The van der Waals surface area contributed by atoms with Gasteiger partial charge in [-0.25, -0.2) is 0 Å². The molecule has 1 aliphatic rings. The second-order valence-electron chi connectivity index (χ2n) is 6.63. The zero-order valence-electron chi connectivity index (χ0n) is 14.5. The number of likely N-dealkylation sites (tertiary alicyclic amines) is 1. The highest BCUT2D eigenvalue weighted by Gasteiger charge is 2.27. The quantitative estimate of drug-likeness (QED) is 0.906. The third kappa shape index (κ3) is 3.99. The van der Waals surface area contributed by atoms with Crippen molar-refractivity contribution in [1.82, 2.24) is 9.47 Å². The zero-order chi connectivity index (χ0) is 17.8. The van der Waals surface area contributed by atoms with Crippen molar-refractivity contribution in [3.05, 3.63) is 69.6 Å². The lowest BCUT2D eigenvalue weighted by Gasteiger charge is -2.17. The number of benzene rings is 1. The van der Waals surface area contributed by atoms with Gasteiger partial charge in [-0.15, -0.1) is 0 Å². The molecule has 1 aromatic carbocycles. The summed E-state index contributed by atoms with van der Waals surface area (Å²) < 4.78 is 1.58. The summed E-state index contributed by atoms with van der Waals surface area (Å²) in [6.07, 6.45) is 3.54. The molecule has 0 spiro atoms. The van der Waals surface area contributed by atoms with Gasteiger partial charge in [-0.2, -0.15) is 0 Å². The van der Waals surface area contributed by atoms with Crippen molar-refractivity contribution in [2.24, 2.45) is 5.92 Å². The maximum Gasteiger partial charge on any atom is 0.254 e. The monoisotopic (exact) mass is 340 g/mol. The maximum absolute atomic E-state index is 12.6. The molecule has 5 heteroatoms. The number of aromatic nitrogens is 1. The molecule has 1 N–H and O–H groups in total. The summed E-state index contributed by atoms with van der Waals surface area (Å²) in [5, 5.41) is 9.24. The Morgan fingerprint density at radius 1 is 1.24 bits per heavy atom. The highest BCUT2D eigenvalue weighted by Crippen LogP contribution is 2.22. The number of nitrogens with zero attached hydrogens (tertiary/aromatic N) is 2. The van der Waals surface area contributed by atoms with Gasteiger partial charge in [0.2, 0.25) is 0 Å². The molecule has 132 valence electrons. The number of aliphatic hydroxyl groups excluding tert-OH is 1. The number of amides is 1. The predicted octanol–water partition coefficient (Wildman–Crippen LogP) is 2.07. The fraction of sp³-hybridized carbons (Fsp3) is 0.400. The van der Waals surface area contributed by atoms with E-state index in [2.05, 4.69) is 6.07 Å². The van der Waals surface area contributed by atoms with Gasteiger partial charge in [0.05, 0.1) is 6.61 Å². The molecule has 2 aromatic rings. The van der Waals surface area contributed by atoms with Crippen LogP contribution in [0.3, 0.4) is 0 Å². The lowest BCUT2D eigenvalue weighted by atomic mass is 9.97. The molecule has 1 fully saturated rings. The number of hydrogen-bond acceptors (Lipinski definition) is 3. The summed E-state index contributed by atoms with van der Waals surface area (Å²) >= 11 is 0. The lowest BCUT2D eigenvalue weighted by molar-refractivity contribution is 0.0786. The van der Waals surface area contributed by atoms with Crippen LogP contribution in [0, 0.1) is 5.92 Å². The standard InChI is InChI=1S/C20H24N2O3/c1-2-21-9-7-18(12-19(21)24)20(25)22-8-6-16(13-22)10-15-4-3-5-17(11-15)14-23/h3-5,7,9,11-12,16,23H,2,6,8,10,13-14H2,1H3. The van der Waals surface area contributed by atoms with Gasteiger partial charge in [-0.1, -0.05) is 24.3 Å². The molecule has 1 unspecified atom stereocenters. The van der Waals surface area contributed by atoms with Crippen LogP contribution in [0.2, 0.25) is 0 Å². The summed E-state index contributed by atoms with van der Waals surface area (Å²) in [5.41, 5.74) is 2.44. The van der Waals surface area contributed by atoms with Gasteiger partial charge in [-0.3, -0.25) is 9.59 Å². The highest BCUT2D eigenvalue weighted by molar-refractivity contribution is 5.94. The van der Waals surface area contributed by atoms with Crippen molar-refractivity contribution in [2.75, 3.05) is 13.1 Å². The van der Waals surface area contributed by atoms with E-state index < -0.39 is 0 Å². The minimum Gasteiger partial charge on any atom is -0.392 e. The first-order chi connectivity index (χ1) is 12.1. The van der Waals surface area contributed by atoms with E-state index in [1.54, 1.807) is 16.8 Å². The fourth-order valence-electron chi connectivity index (χ4n) is 3.46. The van der Waals surface area contributed by atoms with Crippen LogP contribution in [0.25, 0.3) is 0 Å². The van der Waals surface area contributed by atoms with Crippen LogP contribution in [0.15, 0.2) is 47.4 Å². The Hall–Kier alpha value is -2.40. The number of hydrogen-bond donors (Lipinski definition) is 1. The number of aliphatic hydroxyl groups is 1. The number of carbonyl (C=O) groups excluding carboxylic acids is 1. The molecular formula is C20H24N2O3. The molecule has 3 rings (SSSR count). The maximum atomic E-state index is 12.6. The Balaban J connectivity index is 1.64. The Morgan fingerprint density at radius 3 is 2.76 bits per heavy atom. The van der Waals surface area contributed by atoms with Gasteiger partial charge in [0, 0.05) is 37.5 Å². The molecule has 1 amide bonds. The van der Waals surface area contributed by atoms with Crippen molar-refractivity contribution >= 4 is 5.91 Å². The topological polar surface area (TPSA) is 62.5 Å². The molecule has 1 aromatic heterocycles. The van der Waals surface area contributed by atoms with E-state index in [9.17, 15) is 14.7 Å². The molecule has 25 heavy (non-hydrogen) atoms. The zero-order valence-corrected chi connectivity index (χ0v) is 14.5. The van der Waals surface area contributed by atoms with E-state index in [0.29, 0.717) is 24.6 Å². The van der Waals surface area contributed by atoms with E-state index in [-0.39, 0.29) is 18.1 Å². The van der Waals surface area contributed by atoms with Crippen LogP contribution in [0.4, 0.5) is 0 Å². The second-order valence-corrected chi connectivity index (χ2v) is 6.63. The number of carbonyl (C=O) groups is 1. The average molecular weight is 340 g/mol. The molecule has 1 atom stereocenters. The predicted molar refractivity (Wildman–Crippen MR) is 96.5 cm³/mol. The van der Waals surface area contributed by atoms with Crippen LogP contribution in [-0.4, -0.2) is 33.6 Å². The van der Waals surface area contributed by atoms with Crippen LogP contribution in [0.1, 0.15) is 34.8 Å². The first-order valence-corrected chi connectivity index (χ1v) is 8.79. The van der Waals surface area contributed by atoms with E-state index >= 15 is 0 Å². The molecule has 2 heterocycles. The summed E-state index contributed by atoms with van der Waals surface area (Å²) in [6.45, 7) is 3.98. The van der Waals surface area contributed by atoms with Crippen molar-refractivity contribution in [2.45, 2.75) is 32.9 Å². The van der Waals surface area contributed by atoms with E-state index in [4.69, 9.17) is 0 Å². The van der Waals surface area contributed by atoms with Crippen LogP contribution < -0.4 is 5.56 Å².